The summed E-state index contributed by atoms with van der Waals surface area (Å²) in [4.78, 5) is 0. The molecule has 0 aliphatic heterocycles. The largest absolute Gasteiger partial charge is 0.399 e. The highest BCUT2D eigenvalue weighted by Gasteiger charge is 1.72. The standard InChI is InChI=1S/C6H7N.Br2/c7-6-4-2-1-3-5-6;1-2/h1-5H,7H2;. The fourth-order valence-corrected chi connectivity index (χ4v) is 0.453. The predicted octanol–water partition coefficient (Wildman–Crippen LogP) is 2.96. The molecule has 0 radical (unpaired) electrons. The smallest absolute Gasteiger partial charge is 0.0313 e. The number of para-hydroxylation sites is 1. The summed E-state index contributed by atoms with van der Waals surface area (Å²) in [5.74, 6) is 0. The molecule has 0 fully saturated rings. The van der Waals surface area contributed by atoms with Crippen molar-refractivity contribution >= 4 is 33.9 Å². The minimum Gasteiger partial charge on any atom is -0.399 e. The van der Waals surface area contributed by atoms with Crippen molar-refractivity contribution in [2.24, 2.45) is 0 Å². The molecule has 2 N–H and O–H groups in total. The fraction of sp³-hybridized carbons (Fsp3) is 0. The van der Waals surface area contributed by atoms with Gasteiger partial charge in [0.1, 0.15) is 0 Å². The van der Waals surface area contributed by atoms with Gasteiger partial charge in [-0.1, -0.05) is 18.2 Å². The molecule has 0 spiro atoms. The highest BCUT2D eigenvalue weighted by atomic mass is 80.9. The maximum Gasteiger partial charge on any atom is 0.0313 e. The zero-order valence-electron chi connectivity index (χ0n) is 4.72. The molecule has 0 amide bonds. The van der Waals surface area contributed by atoms with Gasteiger partial charge in [-0.15, -0.1) is 0 Å². The van der Waals surface area contributed by atoms with E-state index in [1.165, 1.54) is 0 Å². The van der Waals surface area contributed by atoms with Crippen molar-refractivity contribution in [2.75, 3.05) is 5.73 Å². The fourth-order valence-electron chi connectivity index (χ4n) is 0.453. The zero-order valence-corrected chi connectivity index (χ0v) is 7.89. The van der Waals surface area contributed by atoms with Crippen LogP contribution in [0.4, 0.5) is 5.69 Å². The second kappa shape index (κ2) is 6.11. The first kappa shape index (κ1) is 8.98. The highest BCUT2D eigenvalue weighted by molar-refractivity contribution is 9.93. The SMILES string of the molecule is BrBr.Nc1ccccc1. The van der Waals surface area contributed by atoms with Gasteiger partial charge in [0.25, 0.3) is 0 Å². The first-order valence-corrected chi connectivity index (χ1v) is 6.06. The predicted molar refractivity (Wildman–Crippen MR) is 48.7 cm³/mol. The van der Waals surface area contributed by atoms with Gasteiger partial charge in [-0.05, 0) is 12.1 Å². The van der Waals surface area contributed by atoms with Crippen molar-refractivity contribution in [3.8, 4) is 0 Å². The molecule has 1 aromatic carbocycles. The third-order valence-corrected chi connectivity index (χ3v) is 0.800. The first-order valence-electron chi connectivity index (χ1n) is 2.34. The van der Waals surface area contributed by atoms with Gasteiger partial charge in [-0.25, -0.2) is 0 Å². The van der Waals surface area contributed by atoms with E-state index in [1.54, 1.807) is 0 Å². The molecule has 0 aromatic heterocycles. The minimum absolute atomic E-state index is 0.822. The number of nitrogen functional groups attached to an aromatic ring is 1. The second-order valence-electron chi connectivity index (χ2n) is 1.41. The minimum atomic E-state index is 0.822. The van der Waals surface area contributed by atoms with E-state index in [0.29, 0.717) is 0 Å². The number of halogens is 2. The van der Waals surface area contributed by atoms with Crippen molar-refractivity contribution in [2.45, 2.75) is 0 Å². The number of rotatable bonds is 0. The van der Waals surface area contributed by atoms with E-state index in [4.69, 9.17) is 5.73 Å². The molecule has 50 valence electrons. The van der Waals surface area contributed by atoms with Gasteiger partial charge >= 0.3 is 0 Å². The van der Waals surface area contributed by atoms with Crippen molar-refractivity contribution < 1.29 is 0 Å². The number of anilines is 1. The Bertz CT molecular complexity index is 141. The van der Waals surface area contributed by atoms with Gasteiger partial charge in [0.05, 0.1) is 0 Å². The van der Waals surface area contributed by atoms with Crippen LogP contribution in [0.25, 0.3) is 0 Å². The average molecular weight is 253 g/mol. The van der Waals surface area contributed by atoms with Crippen LogP contribution in [0.5, 0.6) is 0 Å². The number of benzene rings is 1. The Balaban J connectivity index is 0.000000291. The van der Waals surface area contributed by atoms with Crippen LogP contribution in [0, 0.1) is 0 Å². The van der Waals surface area contributed by atoms with E-state index in [2.05, 4.69) is 28.3 Å². The summed E-state index contributed by atoms with van der Waals surface area (Å²) in [5, 5.41) is 0. The molecular formula is C6H7Br2N. The van der Waals surface area contributed by atoms with E-state index in [1.807, 2.05) is 30.3 Å². The van der Waals surface area contributed by atoms with Crippen LogP contribution in [0.3, 0.4) is 0 Å². The summed E-state index contributed by atoms with van der Waals surface area (Å²) in [5.41, 5.74) is 6.18. The van der Waals surface area contributed by atoms with E-state index >= 15 is 0 Å². The Morgan fingerprint density at radius 3 is 1.67 bits per heavy atom. The molecular weight excluding hydrogens is 246 g/mol. The third-order valence-electron chi connectivity index (χ3n) is 0.800. The van der Waals surface area contributed by atoms with Crippen LogP contribution in [-0.2, 0) is 0 Å². The Hall–Kier alpha value is -0.0200. The molecule has 0 aliphatic rings. The van der Waals surface area contributed by atoms with Crippen LogP contribution < -0.4 is 5.73 Å². The summed E-state index contributed by atoms with van der Waals surface area (Å²) < 4.78 is 0. The molecule has 0 unspecified atom stereocenters. The quantitative estimate of drug-likeness (QED) is 0.706. The van der Waals surface area contributed by atoms with Crippen molar-refractivity contribution in [1.82, 2.24) is 0 Å². The average Bonchev–Trinajstić information content (AvgIpc) is 1.94. The second-order valence-corrected chi connectivity index (χ2v) is 1.41. The Morgan fingerprint density at radius 2 is 1.44 bits per heavy atom. The normalized spacial score (nSPS) is 7.33. The highest BCUT2D eigenvalue weighted by Crippen LogP contribution is 1.95. The molecule has 1 nitrogen and oxygen atoms in total. The summed E-state index contributed by atoms with van der Waals surface area (Å²) in [6.45, 7) is 0. The number of hydrogen-bond donors (Lipinski definition) is 1. The Kier molecular flexibility index (Phi) is 6.09. The van der Waals surface area contributed by atoms with Gasteiger partial charge < -0.3 is 5.73 Å². The van der Waals surface area contributed by atoms with Crippen LogP contribution in [0.1, 0.15) is 0 Å². The van der Waals surface area contributed by atoms with Crippen molar-refractivity contribution in [3.63, 3.8) is 0 Å². The molecule has 0 saturated carbocycles. The lowest BCUT2D eigenvalue weighted by Crippen LogP contribution is -1.79. The van der Waals surface area contributed by atoms with E-state index in [-0.39, 0.29) is 0 Å². The molecule has 3 heteroatoms. The van der Waals surface area contributed by atoms with Crippen molar-refractivity contribution in [1.29, 1.82) is 0 Å². The van der Waals surface area contributed by atoms with E-state index < -0.39 is 0 Å². The molecule has 0 heterocycles. The van der Waals surface area contributed by atoms with Crippen LogP contribution in [0.15, 0.2) is 30.3 Å². The Morgan fingerprint density at radius 1 is 1.00 bits per heavy atom. The van der Waals surface area contributed by atoms with Gasteiger partial charge in [-0.2, -0.15) is 0 Å². The van der Waals surface area contributed by atoms with Gasteiger partial charge in [0, 0.05) is 33.9 Å². The van der Waals surface area contributed by atoms with Gasteiger partial charge in [0.2, 0.25) is 0 Å². The molecule has 1 aromatic rings. The molecule has 0 bridgehead atoms. The number of nitrogens with two attached hydrogens (primary N) is 1. The van der Waals surface area contributed by atoms with E-state index in [9.17, 15) is 0 Å². The van der Waals surface area contributed by atoms with E-state index in [0.717, 1.165) is 5.69 Å². The molecule has 1 rings (SSSR count). The van der Waals surface area contributed by atoms with Gasteiger partial charge in [-0.3, -0.25) is 0 Å². The van der Waals surface area contributed by atoms with Crippen LogP contribution in [-0.4, -0.2) is 0 Å². The molecule has 0 aliphatic carbocycles. The Labute approximate surface area is 70.1 Å². The molecule has 0 atom stereocenters. The monoisotopic (exact) mass is 251 g/mol. The summed E-state index contributed by atoms with van der Waals surface area (Å²) >= 11 is 5.50. The molecule has 9 heavy (non-hydrogen) atoms. The van der Waals surface area contributed by atoms with Crippen LogP contribution in [0.2, 0.25) is 0 Å². The lowest BCUT2D eigenvalue weighted by atomic mass is 10.3. The molecule has 0 saturated heterocycles. The van der Waals surface area contributed by atoms with Crippen LogP contribution >= 0.6 is 28.3 Å². The maximum atomic E-state index is 5.36. The van der Waals surface area contributed by atoms with Crippen molar-refractivity contribution in [3.05, 3.63) is 30.3 Å². The number of hydrogen-bond acceptors (Lipinski definition) is 1. The maximum absolute atomic E-state index is 5.36. The lowest BCUT2D eigenvalue weighted by Gasteiger charge is -1.83. The lowest BCUT2D eigenvalue weighted by molar-refractivity contribution is 1.69. The topological polar surface area (TPSA) is 26.0 Å². The third kappa shape index (κ3) is 4.48. The zero-order chi connectivity index (χ0) is 7.11. The summed E-state index contributed by atoms with van der Waals surface area (Å²) in [7, 11) is 0. The summed E-state index contributed by atoms with van der Waals surface area (Å²) in [6, 6.07) is 9.49. The van der Waals surface area contributed by atoms with Gasteiger partial charge in [0.15, 0.2) is 0 Å². The summed E-state index contributed by atoms with van der Waals surface area (Å²) in [6.07, 6.45) is 0. The first-order chi connectivity index (χ1) is 4.39.